The molecule has 0 saturated carbocycles. The summed E-state index contributed by atoms with van der Waals surface area (Å²) in [5.41, 5.74) is -3.40. The van der Waals surface area contributed by atoms with E-state index in [0.29, 0.717) is 28.3 Å². The number of alkyl halides is 8. The Morgan fingerprint density at radius 2 is 1.34 bits per heavy atom. The third kappa shape index (κ3) is 13.8. The largest absolute Gasteiger partial charge is 0.497 e. The average Bonchev–Trinajstić information content (AvgIpc) is 3.67. The molecule has 0 radical (unpaired) electrons. The molecule has 0 aliphatic carbocycles. The fourth-order valence-corrected chi connectivity index (χ4v) is 9.18. The number of Topliss-reactive ketones (excluding diaryl/α,β-unsaturated/α-hetero) is 3. The van der Waals surface area contributed by atoms with Crippen molar-refractivity contribution in [3.63, 3.8) is 0 Å². The molecule has 1 saturated heterocycles. The highest BCUT2D eigenvalue weighted by molar-refractivity contribution is 7.91. The minimum atomic E-state index is -5.37. The van der Waals surface area contributed by atoms with Gasteiger partial charge < -0.3 is 19.7 Å². The number of hydrogen-bond acceptors (Lipinski definition) is 9. The maximum atomic E-state index is 16.0. The second kappa shape index (κ2) is 20.4. The van der Waals surface area contributed by atoms with E-state index in [-0.39, 0.29) is 17.7 Å². The van der Waals surface area contributed by atoms with Gasteiger partial charge in [-0.15, -0.1) is 0 Å². The smallest absolute Gasteiger partial charge is 0.450 e. The molecule has 20 heteroatoms. The number of methoxy groups -OCH3 is 1. The molecule has 1 N–H and O–H groups in total. The molecule has 1 aliphatic rings. The van der Waals surface area contributed by atoms with Crippen molar-refractivity contribution in [1.29, 1.82) is 0 Å². The molecule has 3 aromatic rings. The molecule has 0 unspecified atom stereocenters. The number of alkyl carbamates (subject to hydrolysis) is 1. The van der Waals surface area contributed by atoms with Crippen LogP contribution in [0.4, 0.5) is 39.9 Å². The van der Waals surface area contributed by atoms with Crippen LogP contribution < -0.4 is 10.1 Å². The first-order valence-corrected chi connectivity index (χ1v) is 22.1. The lowest BCUT2D eigenvalue weighted by molar-refractivity contribution is -0.177. The summed E-state index contributed by atoms with van der Waals surface area (Å²) in [7, 11) is -2.95. The maximum absolute atomic E-state index is 16.0. The van der Waals surface area contributed by atoms with Gasteiger partial charge in [0.1, 0.15) is 11.4 Å². The van der Waals surface area contributed by atoms with Crippen LogP contribution in [0.15, 0.2) is 72.8 Å². The van der Waals surface area contributed by atoms with E-state index in [0.717, 1.165) is 12.1 Å². The van der Waals surface area contributed by atoms with Crippen molar-refractivity contribution in [3.8, 4) is 5.75 Å². The van der Waals surface area contributed by atoms with Crippen molar-refractivity contribution < 1.29 is 77.0 Å². The molecule has 4 atom stereocenters. The summed E-state index contributed by atoms with van der Waals surface area (Å²) in [5, 5.41) is 0.968. The summed E-state index contributed by atoms with van der Waals surface area (Å²) < 4.78 is 153. The van der Waals surface area contributed by atoms with Gasteiger partial charge in [0, 0.05) is 43.3 Å². The summed E-state index contributed by atoms with van der Waals surface area (Å²) in [6, 6.07) is 12.2. The Hall–Kier alpha value is -5.40. The summed E-state index contributed by atoms with van der Waals surface area (Å²) in [5.74, 6) is -16.8. The zero-order valence-electron chi connectivity index (χ0n) is 36.3. The number of likely N-dealkylation sites (tertiary alicyclic amines) is 1. The fraction of sp³-hybridized carbons (Fsp3) is 0.489. The number of ketones is 3. The van der Waals surface area contributed by atoms with Crippen LogP contribution in [0, 0.1) is 17.8 Å². The van der Waals surface area contributed by atoms with E-state index in [2.05, 4.69) is 5.32 Å². The van der Waals surface area contributed by atoms with E-state index >= 15 is 8.78 Å². The average molecular weight is 947 g/mol. The summed E-state index contributed by atoms with van der Waals surface area (Å²) >= 11 is 0. The van der Waals surface area contributed by atoms with E-state index in [4.69, 9.17) is 9.47 Å². The number of rotatable bonds is 18. The first kappa shape index (κ1) is 52.2. The molecule has 4 rings (SSSR count). The van der Waals surface area contributed by atoms with Gasteiger partial charge in [-0.1, -0.05) is 68.4 Å². The standard InChI is InChI=1S/C45H50F8N2O9S/c1-26(2)33(39(58)45(51,52)53)22-37(56)36-21-32(65(61,62)25-29-15-17-31(63-6)18-16-29)24-55(36)40(59)30(19-27-11-13-28(14-12-27)23-54-41(60)64-42(3,4)5)20-38(57)43(46,47)34-9-7-8-10-35(34)44(48,49)50/h7-18,26,30,32-33,36H,19-25H2,1-6H3,(H,54,60)/t30-,32-,33+,36+/m1/s1. The predicted molar refractivity (Wildman–Crippen MR) is 220 cm³/mol. The van der Waals surface area contributed by atoms with Crippen LogP contribution in [0.5, 0.6) is 5.75 Å². The van der Waals surface area contributed by atoms with Crippen LogP contribution >= 0.6 is 0 Å². The van der Waals surface area contributed by atoms with Crippen LogP contribution in [-0.4, -0.2) is 79.4 Å². The number of hydrogen-bond donors (Lipinski definition) is 1. The molecule has 356 valence electrons. The van der Waals surface area contributed by atoms with Gasteiger partial charge in [-0.05, 0) is 74.4 Å². The van der Waals surface area contributed by atoms with Crippen molar-refractivity contribution in [2.75, 3.05) is 13.7 Å². The van der Waals surface area contributed by atoms with Crippen LogP contribution in [-0.2, 0) is 64.6 Å². The van der Waals surface area contributed by atoms with Gasteiger partial charge in [-0.3, -0.25) is 19.2 Å². The first-order chi connectivity index (χ1) is 29.9. The molecule has 2 amide bonds. The summed E-state index contributed by atoms with van der Waals surface area (Å²) in [4.78, 5) is 67.7. The van der Waals surface area contributed by atoms with E-state index < -0.39 is 141 Å². The van der Waals surface area contributed by atoms with E-state index in [1.54, 1.807) is 20.8 Å². The van der Waals surface area contributed by atoms with Crippen LogP contribution in [0.2, 0.25) is 0 Å². The lowest BCUT2D eigenvalue weighted by Gasteiger charge is -2.30. The topological polar surface area (TPSA) is 153 Å². The summed E-state index contributed by atoms with van der Waals surface area (Å²) in [6.07, 6.45) is -15.2. The molecule has 65 heavy (non-hydrogen) atoms. The molecule has 1 aliphatic heterocycles. The number of amides is 2. The Morgan fingerprint density at radius 3 is 1.86 bits per heavy atom. The Morgan fingerprint density at radius 1 is 0.785 bits per heavy atom. The Kier molecular flexibility index (Phi) is 16.4. The predicted octanol–water partition coefficient (Wildman–Crippen LogP) is 8.60. The molecule has 1 heterocycles. The number of ether oxygens (including phenoxy) is 2. The SMILES string of the molecule is COc1ccc(CS(=O)(=O)[C@@H]2C[C@@H](C(=O)C[C@H](C(=O)C(F)(F)F)C(C)C)N(C(=O)[C@@H](CC(=O)C(F)(F)c3ccccc3C(F)(F)F)Cc3ccc(CNC(=O)OC(C)(C)C)cc3)C2)cc1. The molecule has 3 aromatic carbocycles. The van der Waals surface area contributed by atoms with Gasteiger partial charge in [0.25, 0.3) is 0 Å². The van der Waals surface area contributed by atoms with Crippen LogP contribution in [0.1, 0.15) is 81.7 Å². The highest BCUT2D eigenvalue weighted by Gasteiger charge is 2.52. The first-order valence-electron chi connectivity index (χ1n) is 20.4. The lowest BCUT2D eigenvalue weighted by Crippen LogP contribution is -2.46. The van der Waals surface area contributed by atoms with Crippen LogP contribution in [0.25, 0.3) is 0 Å². The third-order valence-corrected chi connectivity index (χ3v) is 12.9. The van der Waals surface area contributed by atoms with Gasteiger partial charge in [-0.25, -0.2) is 13.2 Å². The fourth-order valence-electron chi connectivity index (χ4n) is 7.43. The maximum Gasteiger partial charge on any atom is 0.450 e. The number of nitrogens with zero attached hydrogens (tertiary/aromatic N) is 1. The van der Waals surface area contributed by atoms with Gasteiger partial charge in [0.15, 0.2) is 15.6 Å². The number of carbonyl (C=O) groups is 5. The number of halogens is 8. The zero-order chi connectivity index (χ0) is 48.9. The minimum absolute atomic E-state index is 0.0565. The second-order valence-corrected chi connectivity index (χ2v) is 19.5. The lowest BCUT2D eigenvalue weighted by atomic mass is 9.84. The Labute approximate surface area is 371 Å². The number of sulfone groups is 1. The molecular formula is C45H50F8N2O9S. The Balaban J connectivity index is 1.77. The molecule has 0 aromatic heterocycles. The van der Waals surface area contributed by atoms with Crippen LogP contribution in [0.3, 0.4) is 0 Å². The van der Waals surface area contributed by atoms with E-state index in [1.165, 1.54) is 69.5 Å². The van der Waals surface area contributed by atoms with Gasteiger partial charge in [-0.2, -0.15) is 35.1 Å². The molecule has 0 bridgehead atoms. The van der Waals surface area contributed by atoms with Crippen molar-refractivity contribution >= 4 is 39.2 Å². The highest BCUT2D eigenvalue weighted by atomic mass is 32.2. The number of carbonyl (C=O) groups excluding carboxylic acids is 5. The van der Waals surface area contributed by atoms with Gasteiger partial charge in [0.05, 0.1) is 29.7 Å². The molecule has 0 spiro atoms. The zero-order valence-corrected chi connectivity index (χ0v) is 37.1. The van der Waals surface area contributed by atoms with Gasteiger partial charge in [0.2, 0.25) is 17.5 Å². The molecule has 11 nitrogen and oxygen atoms in total. The Bertz CT molecular complexity index is 2310. The number of benzene rings is 3. The molecular weight excluding hydrogens is 897 g/mol. The van der Waals surface area contributed by atoms with Crippen molar-refractivity contribution in [3.05, 3.63) is 101 Å². The van der Waals surface area contributed by atoms with E-state index in [9.17, 15) is 58.7 Å². The van der Waals surface area contributed by atoms with Crippen molar-refractivity contribution in [2.24, 2.45) is 17.8 Å². The highest BCUT2D eigenvalue weighted by Crippen LogP contribution is 2.42. The number of nitrogens with one attached hydrogen (secondary N) is 1. The monoisotopic (exact) mass is 946 g/mol. The van der Waals surface area contributed by atoms with Crippen molar-refractivity contribution in [2.45, 2.75) is 108 Å². The normalized spacial score (nSPS) is 17.1. The summed E-state index contributed by atoms with van der Waals surface area (Å²) in [6.45, 7) is 6.59. The van der Waals surface area contributed by atoms with Gasteiger partial charge >= 0.3 is 24.4 Å². The quantitative estimate of drug-likeness (QED) is 0.124. The second-order valence-electron chi connectivity index (χ2n) is 17.2. The van der Waals surface area contributed by atoms with E-state index in [1.807, 2.05) is 0 Å². The third-order valence-electron chi connectivity index (χ3n) is 10.8. The molecule has 1 fully saturated rings. The van der Waals surface area contributed by atoms with Crippen molar-refractivity contribution in [1.82, 2.24) is 10.2 Å². The minimum Gasteiger partial charge on any atom is -0.497 e.